The number of aromatic nitrogens is 1. The number of carbonyl (C=O) groups excluding carboxylic acids is 2. The summed E-state index contributed by atoms with van der Waals surface area (Å²) in [6, 6.07) is 12.7. The van der Waals surface area contributed by atoms with Crippen LogP contribution in [0.2, 0.25) is 0 Å². The largest absolute Gasteiger partial charge is 0.463 e. The zero-order valence-corrected chi connectivity index (χ0v) is 15.8. The number of esters is 1. The molecule has 0 aliphatic carbocycles. The van der Waals surface area contributed by atoms with Gasteiger partial charge in [0.2, 0.25) is 0 Å². The number of carbonyl (C=O) groups is 2. The lowest BCUT2D eigenvalue weighted by molar-refractivity contribution is -0.137. The number of hydrogen-bond acceptors (Lipinski definition) is 5. The molecule has 1 aliphatic heterocycles. The van der Waals surface area contributed by atoms with Gasteiger partial charge in [-0.15, -0.1) is 0 Å². The minimum Gasteiger partial charge on any atom is -0.463 e. The molecular weight excluding hydrogens is 356 g/mol. The van der Waals surface area contributed by atoms with E-state index in [1.165, 1.54) is 0 Å². The second-order valence-corrected chi connectivity index (χ2v) is 7.06. The summed E-state index contributed by atoms with van der Waals surface area (Å²) in [6.07, 6.45) is 4.67. The number of nitrogens with zero attached hydrogens (tertiary/aromatic N) is 2. The van der Waals surface area contributed by atoms with Gasteiger partial charge in [-0.3, -0.25) is 4.79 Å². The Balaban J connectivity index is 1.57. The molecule has 6 nitrogen and oxygen atoms in total. The fourth-order valence-corrected chi connectivity index (χ4v) is 3.65. The van der Waals surface area contributed by atoms with Crippen LogP contribution >= 0.6 is 0 Å². The van der Waals surface area contributed by atoms with Crippen molar-refractivity contribution in [3.63, 3.8) is 0 Å². The van der Waals surface area contributed by atoms with E-state index in [1.807, 2.05) is 31.2 Å². The van der Waals surface area contributed by atoms with Crippen molar-refractivity contribution < 1.29 is 18.7 Å². The number of rotatable bonds is 4. The molecule has 1 aromatic carbocycles. The highest BCUT2D eigenvalue weighted by atomic mass is 16.5. The minimum atomic E-state index is -0.538. The van der Waals surface area contributed by atoms with Crippen molar-refractivity contribution in [2.24, 2.45) is 0 Å². The van der Waals surface area contributed by atoms with Gasteiger partial charge >= 0.3 is 5.97 Å². The molecule has 0 saturated carbocycles. The van der Waals surface area contributed by atoms with Crippen LogP contribution in [0.3, 0.4) is 0 Å². The summed E-state index contributed by atoms with van der Waals surface area (Å²) in [5, 5.41) is 0.682. The third kappa shape index (κ3) is 3.63. The van der Waals surface area contributed by atoms with Crippen LogP contribution in [0.4, 0.5) is 0 Å². The number of hydrogen-bond donors (Lipinski definition) is 0. The van der Waals surface area contributed by atoms with Crippen LogP contribution in [-0.4, -0.2) is 41.0 Å². The normalized spacial score (nSPS) is 16.9. The second-order valence-electron chi connectivity index (χ2n) is 7.06. The summed E-state index contributed by atoms with van der Waals surface area (Å²) >= 11 is 0. The van der Waals surface area contributed by atoms with Crippen molar-refractivity contribution in [1.82, 2.24) is 9.88 Å². The highest BCUT2D eigenvalue weighted by molar-refractivity contribution is 6.05. The van der Waals surface area contributed by atoms with Crippen molar-refractivity contribution >= 4 is 22.8 Å². The lowest BCUT2D eigenvalue weighted by Crippen LogP contribution is -2.44. The average Bonchev–Trinajstić information content (AvgIpc) is 3.26. The molecule has 144 valence electrons. The standard InChI is InChI=1S/C22H22N2O4/c1-15-7-4-5-11-24(15)21(25)14-28-22(26)17-13-19(20-10-6-12-27-20)23-18-9-3-2-8-16(17)18/h2-3,6,8-10,12-13,15H,4-5,7,11,14H2,1H3/t15-/m0/s1. The van der Waals surface area contributed by atoms with Gasteiger partial charge in [0.15, 0.2) is 12.4 Å². The van der Waals surface area contributed by atoms with Crippen LogP contribution in [0.1, 0.15) is 36.5 Å². The summed E-state index contributed by atoms with van der Waals surface area (Å²) in [4.78, 5) is 31.6. The van der Waals surface area contributed by atoms with Crippen LogP contribution in [-0.2, 0) is 9.53 Å². The molecule has 0 radical (unpaired) electrons. The Morgan fingerprint density at radius 3 is 2.86 bits per heavy atom. The predicted molar refractivity (Wildman–Crippen MR) is 105 cm³/mol. The van der Waals surface area contributed by atoms with Crippen LogP contribution < -0.4 is 0 Å². The molecule has 0 bridgehead atoms. The number of piperidine rings is 1. The maximum Gasteiger partial charge on any atom is 0.339 e. The average molecular weight is 378 g/mol. The maximum atomic E-state index is 12.8. The van der Waals surface area contributed by atoms with Crippen LogP contribution in [0.15, 0.2) is 53.1 Å². The summed E-state index contributed by atoms with van der Waals surface area (Å²) < 4.78 is 10.8. The molecule has 0 spiro atoms. The molecule has 1 amide bonds. The Morgan fingerprint density at radius 2 is 2.07 bits per heavy atom. The summed E-state index contributed by atoms with van der Waals surface area (Å²) in [6.45, 7) is 2.50. The number of fused-ring (bicyclic) bond motifs is 1. The first kappa shape index (κ1) is 18.2. The third-order valence-electron chi connectivity index (χ3n) is 5.16. The fourth-order valence-electron chi connectivity index (χ4n) is 3.65. The van der Waals surface area contributed by atoms with Crippen molar-refractivity contribution in [3.8, 4) is 11.5 Å². The maximum absolute atomic E-state index is 12.8. The number of furan rings is 1. The van der Waals surface area contributed by atoms with E-state index in [0.29, 0.717) is 27.9 Å². The second kappa shape index (κ2) is 7.84. The van der Waals surface area contributed by atoms with E-state index >= 15 is 0 Å². The van der Waals surface area contributed by atoms with E-state index in [1.54, 1.807) is 29.4 Å². The lowest BCUT2D eigenvalue weighted by Gasteiger charge is -2.33. The van der Waals surface area contributed by atoms with Gasteiger partial charge in [0.05, 0.1) is 17.3 Å². The van der Waals surface area contributed by atoms with E-state index in [0.717, 1.165) is 25.8 Å². The highest BCUT2D eigenvalue weighted by Crippen LogP contribution is 2.26. The van der Waals surface area contributed by atoms with Gasteiger partial charge in [-0.05, 0) is 50.5 Å². The van der Waals surface area contributed by atoms with E-state index in [2.05, 4.69) is 4.98 Å². The minimum absolute atomic E-state index is 0.148. The molecule has 28 heavy (non-hydrogen) atoms. The van der Waals surface area contributed by atoms with Gasteiger partial charge in [-0.1, -0.05) is 18.2 Å². The van der Waals surface area contributed by atoms with Gasteiger partial charge in [0.25, 0.3) is 5.91 Å². The zero-order valence-electron chi connectivity index (χ0n) is 15.8. The molecule has 2 aromatic heterocycles. The number of ether oxygens (including phenoxy) is 1. The van der Waals surface area contributed by atoms with E-state index < -0.39 is 5.97 Å². The molecule has 1 saturated heterocycles. The SMILES string of the molecule is C[C@H]1CCCCN1C(=O)COC(=O)c1cc(-c2ccco2)nc2ccccc12. The quantitative estimate of drug-likeness (QED) is 0.641. The van der Waals surface area contributed by atoms with Crippen molar-refractivity contribution in [1.29, 1.82) is 0 Å². The first-order chi connectivity index (χ1) is 13.6. The number of amides is 1. The number of pyridine rings is 1. The molecule has 1 atom stereocenters. The smallest absolute Gasteiger partial charge is 0.339 e. The highest BCUT2D eigenvalue weighted by Gasteiger charge is 2.24. The van der Waals surface area contributed by atoms with Gasteiger partial charge < -0.3 is 14.1 Å². The van der Waals surface area contributed by atoms with E-state index in [4.69, 9.17) is 9.15 Å². The van der Waals surface area contributed by atoms with Crippen molar-refractivity contribution in [2.75, 3.05) is 13.2 Å². The van der Waals surface area contributed by atoms with Crippen LogP contribution in [0, 0.1) is 0 Å². The monoisotopic (exact) mass is 378 g/mol. The number of benzene rings is 1. The predicted octanol–water partition coefficient (Wildman–Crippen LogP) is 4.05. The summed E-state index contributed by atoms with van der Waals surface area (Å²) in [7, 11) is 0. The molecule has 3 heterocycles. The number of likely N-dealkylation sites (tertiary alicyclic amines) is 1. The first-order valence-corrected chi connectivity index (χ1v) is 9.54. The Bertz CT molecular complexity index is 997. The van der Waals surface area contributed by atoms with Gasteiger partial charge in [-0.25, -0.2) is 9.78 Å². The first-order valence-electron chi connectivity index (χ1n) is 9.54. The molecule has 0 unspecified atom stereocenters. The summed E-state index contributed by atoms with van der Waals surface area (Å²) in [5.41, 5.74) is 1.59. The summed E-state index contributed by atoms with van der Waals surface area (Å²) in [5.74, 6) is -0.118. The lowest BCUT2D eigenvalue weighted by atomic mass is 10.0. The number of para-hydroxylation sites is 1. The molecule has 4 rings (SSSR count). The molecule has 6 heteroatoms. The Kier molecular flexibility index (Phi) is 5.10. The van der Waals surface area contributed by atoms with Crippen molar-refractivity contribution in [2.45, 2.75) is 32.2 Å². The van der Waals surface area contributed by atoms with Gasteiger partial charge in [-0.2, -0.15) is 0 Å². The molecule has 0 N–H and O–H groups in total. The fraction of sp³-hybridized carbons (Fsp3) is 0.318. The molecule has 1 aliphatic rings. The Morgan fingerprint density at radius 1 is 1.21 bits per heavy atom. The van der Waals surface area contributed by atoms with Gasteiger partial charge in [0.1, 0.15) is 5.69 Å². The molecule has 1 fully saturated rings. The van der Waals surface area contributed by atoms with Gasteiger partial charge in [0, 0.05) is 18.0 Å². The van der Waals surface area contributed by atoms with Crippen LogP contribution in [0.25, 0.3) is 22.4 Å². The Hall–Kier alpha value is -3.15. The third-order valence-corrected chi connectivity index (χ3v) is 5.16. The van der Waals surface area contributed by atoms with Crippen LogP contribution in [0.5, 0.6) is 0 Å². The molecular formula is C22H22N2O4. The zero-order chi connectivity index (χ0) is 19.5. The Labute approximate surface area is 163 Å². The van der Waals surface area contributed by atoms with E-state index in [9.17, 15) is 9.59 Å². The van der Waals surface area contributed by atoms with E-state index in [-0.39, 0.29) is 18.6 Å². The molecule has 3 aromatic rings. The van der Waals surface area contributed by atoms with Crippen molar-refractivity contribution in [3.05, 3.63) is 54.3 Å². The topological polar surface area (TPSA) is 72.6 Å².